The first-order valence-corrected chi connectivity index (χ1v) is 16.4. The Hall–Kier alpha value is -2.87. The van der Waals surface area contributed by atoms with Crippen LogP contribution in [0.25, 0.3) is 10.9 Å². The summed E-state index contributed by atoms with van der Waals surface area (Å²) >= 11 is 3.56. The zero-order valence-electron chi connectivity index (χ0n) is 25.3. The number of hydrogen-bond donors (Lipinski definition) is 2. The standard InChI is InChI=1S/C34H45BrN4O3/c1-23(26-10-9-11-27(35)18-26)37-33-28-19-30(41-3)31(20-29(28)38-24(2)39-33)42-17-8-6-4-5-7-16-36-32(40)22-34-14-12-25(21-34)13-15-34/h9-11,18-20,23,25H,4-8,12-17,21-22H2,1-3H3,(H,36,40)(H,37,38,39)/t23-,25?,34?/m1/s1. The number of benzene rings is 2. The smallest absolute Gasteiger partial charge is 0.220 e. The van der Waals surface area contributed by atoms with E-state index in [-0.39, 0.29) is 11.9 Å². The number of aryl methyl sites for hydroxylation is 1. The molecule has 1 atom stereocenters. The fourth-order valence-corrected chi connectivity index (χ4v) is 7.25. The number of carbonyl (C=O) groups is 1. The van der Waals surface area contributed by atoms with Crippen LogP contribution in [-0.4, -0.2) is 36.1 Å². The third kappa shape index (κ3) is 7.74. The van der Waals surface area contributed by atoms with Crippen molar-refractivity contribution in [3.8, 4) is 11.5 Å². The molecular formula is C34H45BrN4O3. The molecule has 2 aromatic carbocycles. The summed E-state index contributed by atoms with van der Waals surface area (Å²) in [5.74, 6) is 4.01. The Bertz CT molecular complexity index is 1370. The summed E-state index contributed by atoms with van der Waals surface area (Å²) in [6.07, 6.45) is 12.6. The van der Waals surface area contributed by atoms with Crippen LogP contribution in [0.5, 0.6) is 11.5 Å². The second kappa shape index (κ2) is 14.1. The molecular weight excluding hydrogens is 592 g/mol. The van der Waals surface area contributed by atoms with Gasteiger partial charge in [-0.3, -0.25) is 4.79 Å². The maximum atomic E-state index is 12.4. The van der Waals surface area contributed by atoms with Crippen LogP contribution in [0.15, 0.2) is 40.9 Å². The van der Waals surface area contributed by atoms with Gasteiger partial charge in [0, 0.05) is 28.9 Å². The third-order valence-corrected chi connectivity index (χ3v) is 9.61. The Morgan fingerprint density at radius 3 is 2.60 bits per heavy atom. The Balaban J connectivity index is 1.06. The molecule has 1 heterocycles. The lowest BCUT2D eigenvalue weighted by Crippen LogP contribution is -2.30. The molecule has 0 radical (unpaired) electrons. The number of fused-ring (bicyclic) bond motifs is 3. The van der Waals surface area contributed by atoms with Crippen molar-refractivity contribution in [2.45, 2.75) is 90.5 Å². The summed E-state index contributed by atoms with van der Waals surface area (Å²) < 4.78 is 12.9. The highest BCUT2D eigenvalue weighted by Crippen LogP contribution is 2.55. The van der Waals surface area contributed by atoms with Crippen LogP contribution in [-0.2, 0) is 4.79 Å². The minimum absolute atomic E-state index is 0.0601. The van der Waals surface area contributed by atoms with Gasteiger partial charge in [0.2, 0.25) is 5.91 Å². The summed E-state index contributed by atoms with van der Waals surface area (Å²) in [5, 5.41) is 7.63. The number of ether oxygens (including phenoxy) is 2. The van der Waals surface area contributed by atoms with Crippen molar-refractivity contribution < 1.29 is 14.3 Å². The molecule has 3 aromatic rings. The molecule has 1 amide bonds. The summed E-state index contributed by atoms with van der Waals surface area (Å²) in [6, 6.07) is 12.2. The molecule has 2 aliphatic rings. The van der Waals surface area contributed by atoms with Gasteiger partial charge in [-0.25, -0.2) is 9.97 Å². The van der Waals surface area contributed by atoms with E-state index < -0.39 is 0 Å². The number of methoxy groups -OCH3 is 1. The lowest BCUT2D eigenvalue weighted by atomic mass is 9.81. The van der Waals surface area contributed by atoms with E-state index in [1.54, 1.807) is 7.11 Å². The second-order valence-corrected chi connectivity index (χ2v) is 13.3. The van der Waals surface area contributed by atoms with E-state index in [2.05, 4.69) is 50.6 Å². The summed E-state index contributed by atoms with van der Waals surface area (Å²) in [4.78, 5) is 21.8. The van der Waals surface area contributed by atoms with Gasteiger partial charge in [-0.1, -0.05) is 47.3 Å². The largest absolute Gasteiger partial charge is 0.493 e. The fraction of sp³-hybridized carbons (Fsp3) is 0.559. The quantitative estimate of drug-likeness (QED) is 0.163. The number of nitrogens with zero attached hydrogens (tertiary/aromatic N) is 2. The van der Waals surface area contributed by atoms with Crippen LogP contribution in [0, 0.1) is 18.3 Å². The Kier molecular flexibility index (Phi) is 10.2. The van der Waals surface area contributed by atoms with Crippen molar-refractivity contribution in [2.24, 2.45) is 11.3 Å². The van der Waals surface area contributed by atoms with Crippen molar-refractivity contribution in [1.29, 1.82) is 0 Å². The first kappa shape index (κ1) is 30.6. The molecule has 0 aliphatic heterocycles. The van der Waals surface area contributed by atoms with E-state index in [0.717, 1.165) is 77.7 Å². The van der Waals surface area contributed by atoms with E-state index in [4.69, 9.17) is 14.5 Å². The number of aromatic nitrogens is 2. The summed E-state index contributed by atoms with van der Waals surface area (Å²) in [5.41, 5.74) is 2.33. The van der Waals surface area contributed by atoms with Gasteiger partial charge in [0.1, 0.15) is 11.6 Å². The molecule has 0 unspecified atom stereocenters. The predicted octanol–water partition coefficient (Wildman–Crippen LogP) is 8.30. The fourth-order valence-electron chi connectivity index (χ4n) is 6.83. The highest BCUT2D eigenvalue weighted by molar-refractivity contribution is 9.10. The number of rotatable bonds is 15. The molecule has 8 heteroatoms. The van der Waals surface area contributed by atoms with Crippen LogP contribution in [0.2, 0.25) is 0 Å². The molecule has 7 nitrogen and oxygen atoms in total. The third-order valence-electron chi connectivity index (χ3n) is 9.12. The molecule has 5 rings (SSSR count). The first-order valence-electron chi connectivity index (χ1n) is 15.6. The molecule has 2 aliphatic carbocycles. The lowest BCUT2D eigenvalue weighted by Gasteiger charge is -2.25. The van der Waals surface area contributed by atoms with Crippen LogP contribution in [0.4, 0.5) is 5.82 Å². The van der Waals surface area contributed by atoms with E-state index in [1.165, 1.54) is 32.1 Å². The van der Waals surface area contributed by atoms with Crippen molar-refractivity contribution in [3.63, 3.8) is 0 Å². The van der Waals surface area contributed by atoms with Gasteiger partial charge in [0.25, 0.3) is 0 Å². The zero-order chi connectivity index (χ0) is 29.5. The summed E-state index contributed by atoms with van der Waals surface area (Å²) in [6.45, 7) is 5.44. The van der Waals surface area contributed by atoms with Gasteiger partial charge in [-0.2, -0.15) is 0 Å². The van der Waals surface area contributed by atoms with Crippen molar-refractivity contribution in [2.75, 3.05) is 25.6 Å². The molecule has 2 N–H and O–H groups in total. The SMILES string of the molecule is COc1cc2c(N[C@H](C)c3cccc(Br)c3)nc(C)nc2cc1OCCCCCCCNC(=O)CC12CCC(CC1)C2. The molecule has 2 bridgehead atoms. The average Bonchev–Trinajstić information content (AvgIpc) is 3.56. The monoisotopic (exact) mass is 636 g/mol. The Morgan fingerprint density at radius 1 is 1.07 bits per heavy atom. The number of halogens is 1. The summed E-state index contributed by atoms with van der Waals surface area (Å²) in [7, 11) is 1.66. The predicted molar refractivity (Wildman–Crippen MR) is 172 cm³/mol. The number of hydrogen-bond acceptors (Lipinski definition) is 6. The number of anilines is 1. The van der Waals surface area contributed by atoms with E-state index in [9.17, 15) is 4.79 Å². The Labute approximate surface area is 258 Å². The van der Waals surface area contributed by atoms with Crippen molar-refractivity contribution in [3.05, 3.63) is 52.3 Å². The number of unbranched alkanes of at least 4 members (excludes halogenated alkanes) is 4. The molecule has 0 spiro atoms. The van der Waals surface area contributed by atoms with Crippen molar-refractivity contribution >= 4 is 38.6 Å². The molecule has 2 fully saturated rings. The van der Waals surface area contributed by atoms with Gasteiger partial charge in [0.15, 0.2) is 11.5 Å². The molecule has 42 heavy (non-hydrogen) atoms. The van der Waals surface area contributed by atoms with E-state index >= 15 is 0 Å². The first-order chi connectivity index (χ1) is 20.3. The normalized spacial score (nSPS) is 20.0. The number of nitrogens with one attached hydrogen (secondary N) is 2. The maximum Gasteiger partial charge on any atom is 0.220 e. The molecule has 226 valence electrons. The minimum Gasteiger partial charge on any atom is -0.493 e. The van der Waals surface area contributed by atoms with Gasteiger partial charge in [0.05, 0.1) is 25.3 Å². The van der Waals surface area contributed by atoms with Crippen molar-refractivity contribution in [1.82, 2.24) is 15.3 Å². The molecule has 1 aromatic heterocycles. The highest BCUT2D eigenvalue weighted by atomic mass is 79.9. The van der Waals surface area contributed by atoms with Gasteiger partial charge >= 0.3 is 0 Å². The van der Waals surface area contributed by atoms with Gasteiger partial charge in [-0.15, -0.1) is 0 Å². The molecule has 2 saturated carbocycles. The van der Waals surface area contributed by atoms with Crippen LogP contribution in [0.1, 0.15) is 95.0 Å². The number of amides is 1. The number of carbonyl (C=O) groups excluding carboxylic acids is 1. The average molecular weight is 638 g/mol. The zero-order valence-corrected chi connectivity index (χ0v) is 26.9. The highest BCUT2D eigenvalue weighted by Gasteiger charge is 2.45. The van der Waals surface area contributed by atoms with Crippen LogP contribution >= 0.6 is 15.9 Å². The van der Waals surface area contributed by atoms with E-state index in [0.29, 0.717) is 29.3 Å². The molecule has 0 saturated heterocycles. The second-order valence-electron chi connectivity index (χ2n) is 12.4. The van der Waals surface area contributed by atoms with Gasteiger partial charge < -0.3 is 20.1 Å². The van der Waals surface area contributed by atoms with E-state index in [1.807, 2.05) is 31.2 Å². The lowest BCUT2D eigenvalue weighted by molar-refractivity contribution is -0.123. The maximum absolute atomic E-state index is 12.4. The van der Waals surface area contributed by atoms with Crippen LogP contribution in [0.3, 0.4) is 0 Å². The topological polar surface area (TPSA) is 85.4 Å². The van der Waals surface area contributed by atoms with Crippen LogP contribution < -0.4 is 20.1 Å². The van der Waals surface area contributed by atoms with Gasteiger partial charge in [-0.05, 0) is 93.9 Å². The minimum atomic E-state index is 0.0601. The Morgan fingerprint density at radius 2 is 1.86 bits per heavy atom.